The van der Waals surface area contributed by atoms with Gasteiger partial charge in [-0.05, 0) is 70.1 Å². The van der Waals surface area contributed by atoms with E-state index < -0.39 is 14.4 Å². The van der Waals surface area contributed by atoms with E-state index in [-0.39, 0.29) is 46.9 Å². The van der Waals surface area contributed by atoms with Crippen molar-refractivity contribution in [3.8, 4) is 0 Å². The summed E-state index contributed by atoms with van der Waals surface area (Å²) < 4.78 is 18.4. The minimum atomic E-state index is -2.04. The van der Waals surface area contributed by atoms with Gasteiger partial charge in [-0.3, -0.25) is 4.79 Å². The van der Waals surface area contributed by atoms with Gasteiger partial charge in [0.25, 0.3) is 0 Å². The molecule has 2 aromatic rings. The lowest BCUT2D eigenvalue weighted by molar-refractivity contribution is -0.143. The average molecular weight is 455 g/mol. The topological polar surface area (TPSA) is 45.4 Å². The highest BCUT2D eigenvalue weighted by Crippen LogP contribution is 2.57. The fourth-order valence-electron chi connectivity index (χ4n) is 6.33. The zero-order chi connectivity index (χ0) is 23.3. The SMILES string of the molecule is Cc1ccc2n1[C@@H]1[C@@H]3O[C@H]2C(=O)[C@H]([C@H](C)O[Si](C)(C)C(C)(C)C)[C@H]1c1ccc(C)n1[C@@H]3C. The Bertz CT molecular complexity index is 1080. The Balaban J connectivity index is 1.69. The number of ketones is 1. The van der Waals surface area contributed by atoms with Crippen LogP contribution in [0.1, 0.15) is 81.5 Å². The molecule has 6 rings (SSSR count). The first-order valence-corrected chi connectivity index (χ1v) is 15.0. The number of carbonyl (C=O) groups excluding carboxylic acids is 1. The van der Waals surface area contributed by atoms with Crippen LogP contribution in [0.15, 0.2) is 24.3 Å². The Morgan fingerprint density at radius 1 is 1.03 bits per heavy atom. The molecule has 4 aliphatic heterocycles. The molecule has 0 aliphatic carbocycles. The molecule has 0 saturated carbocycles. The zero-order valence-electron chi connectivity index (χ0n) is 21.0. The van der Waals surface area contributed by atoms with E-state index in [1.807, 2.05) is 0 Å². The van der Waals surface area contributed by atoms with E-state index in [2.05, 4.69) is 95.0 Å². The van der Waals surface area contributed by atoms with Crippen molar-refractivity contribution in [3.05, 3.63) is 47.0 Å². The lowest BCUT2D eigenvalue weighted by Crippen LogP contribution is -2.49. The van der Waals surface area contributed by atoms with Gasteiger partial charge in [0.1, 0.15) is 6.10 Å². The second kappa shape index (κ2) is 6.94. The fraction of sp³-hybridized carbons (Fsp3) is 0.654. The monoisotopic (exact) mass is 454 g/mol. The third-order valence-corrected chi connectivity index (χ3v) is 13.4. The Morgan fingerprint density at radius 3 is 2.25 bits per heavy atom. The summed E-state index contributed by atoms with van der Waals surface area (Å²) >= 11 is 0. The average Bonchev–Trinajstić information content (AvgIpc) is 3.21. The Morgan fingerprint density at radius 2 is 1.62 bits per heavy atom. The van der Waals surface area contributed by atoms with Gasteiger partial charge in [0.15, 0.2) is 20.2 Å². The third kappa shape index (κ3) is 2.85. The first kappa shape index (κ1) is 22.2. The van der Waals surface area contributed by atoms with E-state index in [1.165, 1.54) is 17.1 Å². The molecular formula is C26H38N2O3Si. The third-order valence-electron chi connectivity index (χ3n) is 8.86. The molecule has 0 unspecified atom stereocenters. The molecule has 6 heterocycles. The molecule has 0 radical (unpaired) electrons. The highest BCUT2D eigenvalue weighted by molar-refractivity contribution is 6.74. The van der Waals surface area contributed by atoms with Crippen LogP contribution < -0.4 is 0 Å². The van der Waals surface area contributed by atoms with Crippen LogP contribution in [0.3, 0.4) is 0 Å². The molecule has 0 aromatic carbocycles. The number of aromatic nitrogens is 2. The van der Waals surface area contributed by atoms with Crippen LogP contribution in [0.25, 0.3) is 0 Å². The van der Waals surface area contributed by atoms with Gasteiger partial charge in [-0.25, -0.2) is 0 Å². The highest BCUT2D eigenvalue weighted by atomic mass is 28.4. The van der Waals surface area contributed by atoms with E-state index in [0.717, 1.165) is 5.69 Å². The van der Waals surface area contributed by atoms with Gasteiger partial charge in [0.05, 0.1) is 29.8 Å². The summed E-state index contributed by atoms with van der Waals surface area (Å²) in [7, 11) is -2.04. The molecule has 1 saturated heterocycles. The normalized spacial score (nSPS) is 32.5. The number of hydrogen-bond acceptors (Lipinski definition) is 3. The smallest absolute Gasteiger partial charge is 0.192 e. The molecule has 32 heavy (non-hydrogen) atoms. The number of ether oxygens (including phenoxy) is 1. The van der Waals surface area contributed by atoms with Crippen molar-refractivity contribution < 1.29 is 14.0 Å². The van der Waals surface area contributed by atoms with Crippen molar-refractivity contribution in [1.82, 2.24) is 9.13 Å². The van der Waals surface area contributed by atoms with Crippen LogP contribution >= 0.6 is 0 Å². The molecule has 6 heteroatoms. The molecule has 4 aliphatic rings. The molecule has 0 spiro atoms. The number of hydrogen-bond donors (Lipinski definition) is 0. The number of aryl methyl sites for hydroxylation is 2. The number of rotatable bonds is 3. The lowest BCUT2D eigenvalue weighted by atomic mass is 9.74. The van der Waals surface area contributed by atoms with Gasteiger partial charge in [-0.15, -0.1) is 0 Å². The van der Waals surface area contributed by atoms with Crippen LogP contribution in [-0.2, 0) is 14.0 Å². The Labute approximate surface area is 193 Å². The summed E-state index contributed by atoms with van der Waals surface area (Å²) in [4.78, 5) is 14.2. The van der Waals surface area contributed by atoms with Crippen LogP contribution in [-0.4, -0.2) is 35.4 Å². The predicted molar refractivity (Wildman–Crippen MR) is 129 cm³/mol. The van der Waals surface area contributed by atoms with Crippen molar-refractivity contribution >= 4 is 14.1 Å². The van der Waals surface area contributed by atoms with Gasteiger partial charge in [0, 0.05) is 23.0 Å². The Hall–Kier alpha value is -1.63. The van der Waals surface area contributed by atoms with E-state index in [4.69, 9.17) is 9.16 Å². The van der Waals surface area contributed by atoms with Gasteiger partial charge in [0.2, 0.25) is 0 Å². The van der Waals surface area contributed by atoms with Crippen molar-refractivity contribution in [3.63, 3.8) is 0 Å². The van der Waals surface area contributed by atoms with Gasteiger partial charge in [-0.1, -0.05) is 20.8 Å². The minimum Gasteiger partial charge on any atom is -0.413 e. The van der Waals surface area contributed by atoms with Gasteiger partial charge < -0.3 is 18.3 Å². The van der Waals surface area contributed by atoms with Crippen molar-refractivity contribution in [1.29, 1.82) is 0 Å². The minimum absolute atomic E-state index is 0.0313. The first-order valence-electron chi connectivity index (χ1n) is 12.1. The molecule has 174 valence electrons. The summed E-state index contributed by atoms with van der Waals surface area (Å²) in [5.74, 6) is -0.0106. The molecule has 2 aromatic heterocycles. The zero-order valence-corrected chi connectivity index (χ0v) is 22.0. The van der Waals surface area contributed by atoms with Crippen molar-refractivity contribution in [2.75, 3.05) is 0 Å². The van der Waals surface area contributed by atoms with Crippen molar-refractivity contribution in [2.45, 2.75) is 103 Å². The molecule has 4 bridgehead atoms. The second-order valence-electron chi connectivity index (χ2n) is 11.8. The summed E-state index contributed by atoms with van der Waals surface area (Å²) in [5.41, 5.74) is 4.72. The quantitative estimate of drug-likeness (QED) is 0.546. The van der Waals surface area contributed by atoms with Crippen LogP contribution in [0.2, 0.25) is 18.1 Å². The van der Waals surface area contributed by atoms with E-state index in [9.17, 15) is 4.79 Å². The number of carbonyl (C=O) groups is 1. The van der Waals surface area contributed by atoms with Gasteiger partial charge >= 0.3 is 0 Å². The second-order valence-corrected chi connectivity index (χ2v) is 16.5. The fourth-order valence-corrected chi connectivity index (χ4v) is 7.76. The highest BCUT2D eigenvalue weighted by Gasteiger charge is 2.59. The van der Waals surface area contributed by atoms with Crippen LogP contribution in [0.5, 0.6) is 0 Å². The largest absolute Gasteiger partial charge is 0.413 e. The van der Waals surface area contributed by atoms with Crippen molar-refractivity contribution in [2.24, 2.45) is 5.92 Å². The number of nitrogens with zero attached hydrogens (tertiary/aromatic N) is 2. The maximum absolute atomic E-state index is 14.2. The van der Waals surface area contributed by atoms with E-state index in [1.54, 1.807) is 0 Å². The molecule has 0 N–H and O–H groups in total. The number of fused-ring (bicyclic) bond motifs is 2. The van der Waals surface area contributed by atoms with Gasteiger partial charge in [-0.2, -0.15) is 0 Å². The molecule has 7 atom stereocenters. The maximum atomic E-state index is 14.2. The van der Waals surface area contributed by atoms with E-state index in [0.29, 0.717) is 0 Å². The summed E-state index contributed by atoms with van der Waals surface area (Å²) in [6.45, 7) is 20.0. The van der Waals surface area contributed by atoms with E-state index >= 15 is 0 Å². The summed E-state index contributed by atoms with van der Waals surface area (Å²) in [6, 6.07) is 8.95. The summed E-state index contributed by atoms with van der Waals surface area (Å²) in [6.07, 6.45) is -0.711. The lowest BCUT2D eigenvalue weighted by Gasteiger charge is -2.48. The molecular weight excluding hydrogens is 416 g/mol. The molecule has 1 fully saturated rings. The number of Topliss-reactive ketones (excluding diaryl/α,β-unsaturated/α-hetero) is 1. The maximum Gasteiger partial charge on any atom is 0.192 e. The standard InChI is InChI=1S/C26H38N2O3Si/c1-14-10-12-18-21-20(17(4)31-32(8,9)26(5,6)7)23(29)25-19-13-11-15(2)28(19)22(21)24(30-25)16(3)27(14)18/h10-13,16-17,20-22,24-25H,1-9H3/t16-,17+,20-,21-,22+,24-,25-/m1/s1. The van der Waals surface area contributed by atoms with Crippen LogP contribution in [0, 0.1) is 19.8 Å². The summed E-state index contributed by atoms with van der Waals surface area (Å²) in [5, 5.41) is 0.0901. The molecule has 5 nitrogen and oxygen atoms in total. The van der Waals surface area contributed by atoms with Crippen LogP contribution in [0.4, 0.5) is 0 Å². The predicted octanol–water partition coefficient (Wildman–Crippen LogP) is 5.86. The first-order chi connectivity index (χ1) is 14.8. The molecule has 0 amide bonds. The Kier molecular flexibility index (Phi) is 4.81.